The van der Waals surface area contributed by atoms with Gasteiger partial charge in [-0.15, -0.1) is 0 Å². The van der Waals surface area contributed by atoms with Crippen molar-refractivity contribution in [3.8, 4) is 0 Å². The molecule has 110 valence electrons. The van der Waals surface area contributed by atoms with Crippen molar-refractivity contribution in [2.75, 3.05) is 18.5 Å². The number of aromatic nitrogens is 2. The molecular weight excluding hydrogens is 334 g/mol. The molecule has 1 N–H and O–H groups in total. The summed E-state index contributed by atoms with van der Waals surface area (Å²) in [7, 11) is 0. The molecule has 1 atom stereocenters. The smallest absolute Gasteiger partial charge is 0.231 e. The lowest BCUT2D eigenvalue weighted by Gasteiger charge is -2.11. The molecule has 1 amide bonds. The monoisotopic (exact) mass is 349 g/mol. The number of anilines is 1. The quantitative estimate of drug-likeness (QED) is 0.923. The van der Waals surface area contributed by atoms with Gasteiger partial charge in [-0.2, -0.15) is 5.10 Å². The lowest BCUT2D eigenvalue weighted by molar-refractivity contribution is -0.119. The first-order valence-electron chi connectivity index (χ1n) is 6.87. The second-order valence-electron chi connectivity index (χ2n) is 5.05. The number of rotatable bonds is 4. The predicted molar refractivity (Wildman–Crippen MR) is 83.0 cm³/mol. The highest BCUT2D eigenvalue weighted by Crippen LogP contribution is 2.17. The van der Waals surface area contributed by atoms with Crippen LogP contribution in [0.4, 0.5) is 5.82 Å². The number of ether oxygens (including phenoxy) is 1. The van der Waals surface area contributed by atoms with E-state index in [0.29, 0.717) is 25.6 Å². The van der Waals surface area contributed by atoms with Crippen LogP contribution >= 0.6 is 15.9 Å². The van der Waals surface area contributed by atoms with Crippen LogP contribution in [0.1, 0.15) is 12.0 Å². The number of halogens is 1. The highest BCUT2D eigenvalue weighted by atomic mass is 79.9. The largest absolute Gasteiger partial charge is 0.381 e. The fraction of sp³-hybridized carbons (Fsp3) is 0.333. The lowest BCUT2D eigenvalue weighted by atomic mass is 10.1. The number of amides is 1. The van der Waals surface area contributed by atoms with Gasteiger partial charge >= 0.3 is 0 Å². The zero-order chi connectivity index (χ0) is 14.7. The summed E-state index contributed by atoms with van der Waals surface area (Å²) in [5.41, 5.74) is 1.12. The molecule has 0 saturated carbocycles. The number of benzene rings is 1. The average molecular weight is 350 g/mol. The second-order valence-corrected chi connectivity index (χ2v) is 5.97. The minimum absolute atomic E-state index is 0.00323. The Morgan fingerprint density at radius 3 is 3.14 bits per heavy atom. The molecule has 3 rings (SSSR count). The lowest BCUT2D eigenvalue weighted by Crippen LogP contribution is -2.24. The number of nitrogens with zero attached hydrogens (tertiary/aromatic N) is 2. The SMILES string of the molecule is O=C(Nc1ccnn1Cc1cccc(Br)c1)C1CCOC1. The van der Waals surface area contributed by atoms with Crippen molar-refractivity contribution in [3.05, 3.63) is 46.6 Å². The van der Waals surface area contributed by atoms with Crippen molar-refractivity contribution in [2.45, 2.75) is 13.0 Å². The van der Waals surface area contributed by atoms with Crippen LogP contribution in [0.3, 0.4) is 0 Å². The van der Waals surface area contributed by atoms with Crippen LogP contribution in [-0.4, -0.2) is 28.9 Å². The summed E-state index contributed by atoms with van der Waals surface area (Å²) in [5.74, 6) is 0.662. The molecule has 5 nitrogen and oxygen atoms in total. The molecule has 1 unspecified atom stereocenters. The van der Waals surface area contributed by atoms with Crippen molar-refractivity contribution in [3.63, 3.8) is 0 Å². The fourth-order valence-corrected chi connectivity index (χ4v) is 2.79. The third-order valence-electron chi connectivity index (χ3n) is 3.49. The topological polar surface area (TPSA) is 56.2 Å². The van der Waals surface area contributed by atoms with Crippen molar-refractivity contribution in [1.29, 1.82) is 0 Å². The molecule has 0 radical (unpaired) electrons. The van der Waals surface area contributed by atoms with E-state index in [1.165, 1.54) is 0 Å². The van der Waals surface area contributed by atoms with Crippen LogP contribution in [0.25, 0.3) is 0 Å². The van der Waals surface area contributed by atoms with E-state index in [0.717, 1.165) is 16.5 Å². The Labute approximate surface area is 131 Å². The summed E-state index contributed by atoms with van der Waals surface area (Å²) >= 11 is 3.46. The average Bonchev–Trinajstić information content (AvgIpc) is 3.11. The molecule has 1 fully saturated rings. The number of carbonyl (C=O) groups is 1. The third kappa shape index (κ3) is 3.51. The van der Waals surface area contributed by atoms with Gasteiger partial charge in [0.2, 0.25) is 5.91 Å². The number of hydrogen-bond donors (Lipinski definition) is 1. The van der Waals surface area contributed by atoms with E-state index in [2.05, 4.69) is 26.3 Å². The minimum atomic E-state index is -0.0563. The van der Waals surface area contributed by atoms with Gasteiger partial charge in [0, 0.05) is 17.1 Å². The molecule has 2 heterocycles. The van der Waals surface area contributed by atoms with E-state index in [-0.39, 0.29) is 11.8 Å². The van der Waals surface area contributed by atoms with Gasteiger partial charge in [-0.3, -0.25) is 4.79 Å². The third-order valence-corrected chi connectivity index (χ3v) is 3.98. The predicted octanol–water partition coefficient (Wildman–Crippen LogP) is 2.67. The molecule has 1 aromatic carbocycles. The van der Waals surface area contributed by atoms with Crippen LogP contribution in [0.2, 0.25) is 0 Å². The maximum atomic E-state index is 12.1. The summed E-state index contributed by atoms with van der Waals surface area (Å²) < 4.78 is 8.06. The summed E-state index contributed by atoms with van der Waals surface area (Å²) in [6.45, 7) is 1.78. The zero-order valence-electron chi connectivity index (χ0n) is 11.5. The maximum absolute atomic E-state index is 12.1. The normalized spacial score (nSPS) is 17.9. The maximum Gasteiger partial charge on any atom is 0.231 e. The summed E-state index contributed by atoms with van der Waals surface area (Å²) in [4.78, 5) is 12.1. The summed E-state index contributed by atoms with van der Waals surface area (Å²) in [6.07, 6.45) is 2.48. The van der Waals surface area contributed by atoms with Gasteiger partial charge in [0.15, 0.2) is 0 Å². The molecule has 1 saturated heterocycles. The van der Waals surface area contributed by atoms with E-state index < -0.39 is 0 Å². The highest BCUT2D eigenvalue weighted by molar-refractivity contribution is 9.10. The molecule has 2 aromatic rings. The Kier molecular flexibility index (Phi) is 4.36. The van der Waals surface area contributed by atoms with Gasteiger partial charge in [-0.1, -0.05) is 28.1 Å². The van der Waals surface area contributed by atoms with Gasteiger partial charge in [-0.05, 0) is 24.1 Å². The van der Waals surface area contributed by atoms with E-state index in [4.69, 9.17) is 4.74 Å². The Morgan fingerprint density at radius 1 is 1.48 bits per heavy atom. The molecular formula is C15H16BrN3O2. The van der Waals surface area contributed by atoms with Crippen molar-refractivity contribution in [1.82, 2.24) is 9.78 Å². The Balaban J connectivity index is 1.70. The second kappa shape index (κ2) is 6.41. The van der Waals surface area contributed by atoms with E-state index in [1.54, 1.807) is 10.9 Å². The molecule has 0 bridgehead atoms. The molecule has 1 aliphatic heterocycles. The number of carbonyl (C=O) groups excluding carboxylic acids is 1. The van der Waals surface area contributed by atoms with Gasteiger partial charge in [0.1, 0.15) is 5.82 Å². The minimum Gasteiger partial charge on any atom is -0.381 e. The molecule has 6 heteroatoms. The zero-order valence-corrected chi connectivity index (χ0v) is 13.0. The standard InChI is InChI=1S/C15H16BrN3O2/c16-13-3-1-2-11(8-13)9-19-14(4-6-17-19)18-15(20)12-5-7-21-10-12/h1-4,6,8,12H,5,7,9-10H2,(H,18,20). The summed E-state index contributed by atoms with van der Waals surface area (Å²) in [5, 5.41) is 7.21. The van der Waals surface area contributed by atoms with Gasteiger partial charge < -0.3 is 10.1 Å². The first kappa shape index (κ1) is 14.3. The van der Waals surface area contributed by atoms with Crippen molar-refractivity contribution < 1.29 is 9.53 Å². The van der Waals surface area contributed by atoms with Crippen LogP contribution in [0.5, 0.6) is 0 Å². The van der Waals surface area contributed by atoms with E-state index in [9.17, 15) is 4.79 Å². The Hall–Kier alpha value is -1.66. The van der Waals surface area contributed by atoms with Crippen LogP contribution in [-0.2, 0) is 16.1 Å². The highest BCUT2D eigenvalue weighted by Gasteiger charge is 2.24. The van der Waals surface area contributed by atoms with E-state index >= 15 is 0 Å². The number of hydrogen-bond acceptors (Lipinski definition) is 3. The fourth-order valence-electron chi connectivity index (χ4n) is 2.34. The van der Waals surface area contributed by atoms with Gasteiger partial charge in [0.05, 0.1) is 25.3 Å². The number of nitrogens with one attached hydrogen (secondary N) is 1. The molecule has 21 heavy (non-hydrogen) atoms. The van der Waals surface area contributed by atoms with Crippen LogP contribution < -0.4 is 5.32 Å². The van der Waals surface area contributed by atoms with Gasteiger partial charge in [-0.25, -0.2) is 4.68 Å². The first-order valence-corrected chi connectivity index (χ1v) is 7.66. The van der Waals surface area contributed by atoms with Gasteiger partial charge in [0.25, 0.3) is 0 Å². The molecule has 1 aliphatic rings. The van der Waals surface area contributed by atoms with Crippen molar-refractivity contribution >= 4 is 27.7 Å². The van der Waals surface area contributed by atoms with Crippen molar-refractivity contribution in [2.24, 2.45) is 5.92 Å². The molecule has 1 aromatic heterocycles. The van der Waals surface area contributed by atoms with E-state index in [1.807, 2.05) is 30.3 Å². The van der Waals surface area contributed by atoms with Crippen LogP contribution in [0, 0.1) is 5.92 Å². The molecule has 0 spiro atoms. The summed E-state index contributed by atoms with van der Waals surface area (Å²) in [6, 6.07) is 9.85. The molecule has 0 aliphatic carbocycles. The van der Waals surface area contributed by atoms with Crippen LogP contribution in [0.15, 0.2) is 41.0 Å². The first-order chi connectivity index (χ1) is 10.2. The Morgan fingerprint density at radius 2 is 2.38 bits per heavy atom. The Bertz CT molecular complexity index is 635.